The van der Waals surface area contributed by atoms with Crippen molar-refractivity contribution in [2.45, 2.75) is 6.92 Å². The highest BCUT2D eigenvalue weighted by Gasteiger charge is 2.13. The first-order chi connectivity index (χ1) is 9.22. The van der Waals surface area contributed by atoms with Crippen LogP contribution in [0.2, 0.25) is 0 Å². The number of benzene rings is 2. The van der Waals surface area contributed by atoms with Crippen molar-refractivity contribution >= 4 is 5.78 Å². The number of ketones is 1. The second-order valence-corrected chi connectivity index (χ2v) is 4.14. The topological polar surface area (TPSA) is 50.1 Å². The molecule has 0 atom stereocenters. The summed E-state index contributed by atoms with van der Waals surface area (Å²) in [5, 5.41) is 8.54. The minimum atomic E-state index is -0.103. The van der Waals surface area contributed by atoms with Gasteiger partial charge < -0.3 is 4.74 Å². The average molecular weight is 251 g/mol. The molecule has 19 heavy (non-hydrogen) atoms. The maximum Gasteiger partial charge on any atom is 0.196 e. The zero-order valence-corrected chi connectivity index (χ0v) is 10.6. The second-order valence-electron chi connectivity index (χ2n) is 4.14. The zero-order chi connectivity index (χ0) is 13.7. The highest BCUT2D eigenvalue weighted by molar-refractivity contribution is 6.10. The molecule has 0 saturated heterocycles. The summed E-state index contributed by atoms with van der Waals surface area (Å²) in [6, 6.07) is 16.2. The molecular formula is C16H13NO2. The maximum absolute atomic E-state index is 12.4. The van der Waals surface area contributed by atoms with Gasteiger partial charge in [0.05, 0.1) is 5.56 Å². The normalized spacial score (nSPS) is 9.68. The van der Waals surface area contributed by atoms with Crippen LogP contribution >= 0.6 is 0 Å². The lowest BCUT2D eigenvalue weighted by Gasteiger charge is -2.08. The molecule has 3 nitrogen and oxygen atoms in total. The first-order valence-electron chi connectivity index (χ1n) is 5.92. The van der Waals surface area contributed by atoms with Crippen LogP contribution in [-0.2, 0) is 0 Å². The Balaban J connectivity index is 2.33. The number of ether oxygens (including phenoxy) is 1. The van der Waals surface area contributed by atoms with E-state index in [0.29, 0.717) is 16.9 Å². The van der Waals surface area contributed by atoms with Gasteiger partial charge >= 0.3 is 0 Å². The predicted octanol–water partition coefficient (Wildman–Crippen LogP) is 3.13. The van der Waals surface area contributed by atoms with Crippen LogP contribution in [0.4, 0.5) is 0 Å². The molecule has 0 amide bonds. The number of nitrogens with zero attached hydrogens (tertiary/aromatic N) is 1. The molecule has 0 spiro atoms. The van der Waals surface area contributed by atoms with Gasteiger partial charge in [-0.15, -0.1) is 0 Å². The summed E-state index contributed by atoms with van der Waals surface area (Å²) in [6.45, 7) is 1.90. The van der Waals surface area contributed by atoms with Crippen molar-refractivity contribution in [1.29, 1.82) is 5.26 Å². The molecule has 0 N–H and O–H groups in total. The fraction of sp³-hybridized carbons (Fsp3) is 0.125. The van der Waals surface area contributed by atoms with Gasteiger partial charge in [0, 0.05) is 5.56 Å². The number of rotatable bonds is 4. The SMILES string of the molecule is Cc1ccc(C(=O)c2ccccc2OCC#N)cc1. The molecule has 0 unspecified atom stereocenters. The summed E-state index contributed by atoms with van der Waals surface area (Å²) in [4.78, 5) is 12.4. The molecule has 94 valence electrons. The van der Waals surface area contributed by atoms with Crippen LogP contribution in [-0.4, -0.2) is 12.4 Å². The third kappa shape index (κ3) is 2.99. The Labute approximate surface area is 112 Å². The quantitative estimate of drug-likeness (QED) is 0.784. The molecule has 0 aliphatic carbocycles. The third-order valence-electron chi connectivity index (χ3n) is 2.74. The van der Waals surface area contributed by atoms with E-state index in [9.17, 15) is 4.79 Å². The van der Waals surface area contributed by atoms with Crippen molar-refractivity contribution in [3.05, 3.63) is 65.2 Å². The number of carbonyl (C=O) groups is 1. The van der Waals surface area contributed by atoms with E-state index < -0.39 is 0 Å². The highest BCUT2D eigenvalue weighted by Crippen LogP contribution is 2.21. The van der Waals surface area contributed by atoms with Crippen LogP contribution < -0.4 is 4.74 Å². The van der Waals surface area contributed by atoms with Gasteiger partial charge in [-0.3, -0.25) is 4.79 Å². The fourth-order valence-electron chi connectivity index (χ4n) is 1.75. The summed E-state index contributed by atoms with van der Waals surface area (Å²) in [7, 11) is 0. The van der Waals surface area contributed by atoms with Crippen LogP contribution in [0.25, 0.3) is 0 Å². The molecule has 0 aliphatic rings. The van der Waals surface area contributed by atoms with Gasteiger partial charge in [0.1, 0.15) is 11.8 Å². The van der Waals surface area contributed by atoms with Crippen LogP contribution in [0.5, 0.6) is 5.75 Å². The number of nitriles is 1. The van der Waals surface area contributed by atoms with Gasteiger partial charge in [-0.05, 0) is 19.1 Å². The Morgan fingerprint density at radius 2 is 1.84 bits per heavy atom. The van der Waals surface area contributed by atoms with Gasteiger partial charge in [0.2, 0.25) is 0 Å². The molecule has 0 aliphatic heterocycles. The van der Waals surface area contributed by atoms with E-state index in [4.69, 9.17) is 10.00 Å². The van der Waals surface area contributed by atoms with Crippen molar-refractivity contribution in [3.63, 3.8) is 0 Å². The lowest BCUT2D eigenvalue weighted by molar-refractivity contribution is 0.103. The van der Waals surface area contributed by atoms with E-state index >= 15 is 0 Å². The molecule has 0 radical (unpaired) electrons. The lowest BCUT2D eigenvalue weighted by atomic mass is 10.0. The second kappa shape index (κ2) is 5.83. The molecular weight excluding hydrogens is 238 g/mol. The van der Waals surface area contributed by atoms with E-state index in [1.807, 2.05) is 25.1 Å². The first-order valence-corrected chi connectivity index (χ1v) is 5.92. The minimum absolute atomic E-state index is 0.0712. The van der Waals surface area contributed by atoms with E-state index in [-0.39, 0.29) is 12.4 Å². The first kappa shape index (κ1) is 12.8. The molecule has 0 fully saturated rings. The fourth-order valence-corrected chi connectivity index (χ4v) is 1.75. The van der Waals surface area contributed by atoms with Gasteiger partial charge in [-0.1, -0.05) is 42.0 Å². The number of para-hydroxylation sites is 1. The molecule has 0 aromatic heterocycles. The number of hydrogen-bond acceptors (Lipinski definition) is 3. The number of hydrogen-bond donors (Lipinski definition) is 0. The summed E-state index contributed by atoms with van der Waals surface area (Å²) in [5.74, 6) is 0.336. The minimum Gasteiger partial charge on any atom is -0.478 e. The third-order valence-corrected chi connectivity index (χ3v) is 2.74. The van der Waals surface area contributed by atoms with Crippen molar-refractivity contribution in [1.82, 2.24) is 0 Å². The van der Waals surface area contributed by atoms with Gasteiger partial charge in [-0.25, -0.2) is 0 Å². The molecule has 0 saturated carbocycles. The van der Waals surface area contributed by atoms with Crippen LogP contribution in [0, 0.1) is 18.3 Å². The Hall–Kier alpha value is -2.60. The van der Waals surface area contributed by atoms with Crippen LogP contribution in [0.15, 0.2) is 48.5 Å². The zero-order valence-electron chi connectivity index (χ0n) is 10.6. The predicted molar refractivity (Wildman–Crippen MR) is 72.2 cm³/mol. The number of carbonyl (C=O) groups excluding carboxylic acids is 1. The average Bonchev–Trinajstić information content (AvgIpc) is 2.45. The Morgan fingerprint density at radius 1 is 1.16 bits per heavy atom. The molecule has 0 bridgehead atoms. The maximum atomic E-state index is 12.4. The van der Waals surface area contributed by atoms with Gasteiger partial charge in [-0.2, -0.15) is 5.26 Å². The van der Waals surface area contributed by atoms with Crippen molar-refractivity contribution in [3.8, 4) is 11.8 Å². The van der Waals surface area contributed by atoms with Gasteiger partial charge in [0.25, 0.3) is 0 Å². The van der Waals surface area contributed by atoms with E-state index in [1.54, 1.807) is 36.4 Å². The van der Waals surface area contributed by atoms with Crippen LogP contribution in [0.3, 0.4) is 0 Å². The monoisotopic (exact) mass is 251 g/mol. The smallest absolute Gasteiger partial charge is 0.196 e. The standard InChI is InChI=1S/C16H13NO2/c1-12-6-8-13(9-7-12)16(18)14-4-2-3-5-15(14)19-11-10-17/h2-9H,11H2,1H3. The van der Waals surface area contributed by atoms with Gasteiger partial charge in [0.15, 0.2) is 12.4 Å². The van der Waals surface area contributed by atoms with Crippen molar-refractivity contribution in [2.75, 3.05) is 6.61 Å². The summed E-state index contributed by atoms with van der Waals surface area (Å²) in [5.41, 5.74) is 2.19. The van der Waals surface area contributed by atoms with E-state index in [0.717, 1.165) is 5.56 Å². The summed E-state index contributed by atoms with van der Waals surface area (Å²) < 4.78 is 5.27. The molecule has 2 aromatic carbocycles. The van der Waals surface area contributed by atoms with Crippen molar-refractivity contribution < 1.29 is 9.53 Å². The molecule has 3 heteroatoms. The van der Waals surface area contributed by atoms with Crippen LogP contribution in [0.1, 0.15) is 21.5 Å². The largest absolute Gasteiger partial charge is 0.478 e. The van der Waals surface area contributed by atoms with E-state index in [1.165, 1.54) is 0 Å². The lowest BCUT2D eigenvalue weighted by Crippen LogP contribution is -2.05. The Bertz CT molecular complexity index is 624. The summed E-state index contributed by atoms with van der Waals surface area (Å²) >= 11 is 0. The molecule has 2 rings (SSSR count). The number of aryl methyl sites for hydroxylation is 1. The summed E-state index contributed by atoms with van der Waals surface area (Å²) in [6.07, 6.45) is 0. The molecule has 0 heterocycles. The van der Waals surface area contributed by atoms with E-state index in [2.05, 4.69) is 0 Å². The van der Waals surface area contributed by atoms with Crippen molar-refractivity contribution in [2.24, 2.45) is 0 Å². The Morgan fingerprint density at radius 3 is 2.53 bits per heavy atom. The molecule has 2 aromatic rings. The Kier molecular flexibility index (Phi) is 3.94. The highest BCUT2D eigenvalue weighted by atomic mass is 16.5.